The van der Waals surface area contributed by atoms with Crippen molar-refractivity contribution in [1.29, 1.82) is 0 Å². The van der Waals surface area contributed by atoms with Gasteiger partial charge in [-0.2, -0.15) is 0 Å². The van der Waals surface area contributed by atoms with E-state index in [4.69, 9.17) is 4.74 Å². The summed E-state index contributed by atoms with van der Waals surface area (Å²) < 4.78 is 5.55. The van der Waals surface area contributed by atoms with Crippen LogP contribution in [-0.2, 0) is 14.4 Å². The number of carboxylic acid groups (broad SMARTS) is 1. The van der Waals surface area contributed by atoms with Crippen molar-refractivity contribution in [2.45, 2.75) is 45.8 Å². The van der Waals surface area contributed by atoms with Crippen LogP contribution in [-0.4, -0.2) is 41.6 Å². The number of anilines is 1. The summed E-state index contributed by atoms with van der Waals surface area (Å²) >= 11 is 0. The first-order valence-electron chi connectivity index (χ1n) is 8.38. The van der Waals surface area contributed by atoms with Gasteiger partial charge in [0.15, 0.2) is 6.10 Å². The Kier molecular flexibility index (Phi) is 6.01. The first-order valence-corrected chi connectivity index (χ1v) is 8.38. The summed E-state index contributed by atoms with van der Waals surface area (Å²) in [5.41, 5.74) is 0.621. The van der Waals surface area contributed by atoms with Crippen molar-refractivity contribution >= 4 is 23.5 Å². The van der Waals surface area contributed by atoms with Crippen LogP contribution in [0.25, 0.3) is 0 Å². The second-order valence-electron chi connectivity index (χ2n) is 6.56. The number of carbonyl (C=O) groups excluding carboxylic acids is 2. The molecule has 1 aromatic rings. The molecule has 1 heterocycles. The van der Waals surface area contributed by atoms with Crippen molar-refractivity contribution in [3.8, 4) is 5.75 Å². The molecular formula is C18H24N2O5. The Morgan fingerprint density at radius 3 is 2.64 bits per heavy atom. The molecule has 2 N–H and O–H groups in total. The Morgan fingerprint density at radius 1 is 1.32 bits per heavy atom. The molecule has 0 unspecified atom stereocenters. The summed E-state index contributed by atoms with van der Waals surface area (Å²) in [6.45, 7) is 5.62. The van der Waals surface area contributed by atoms with Crippen molar-refractivity contribution < 1.29 is 24.2 Å². The van der Waals surface area contributed by atoms with E-state index in [0.717, 1.165) is 0 Å². The molecule has 0 aromatic heterocycles. The molecule has 1 aromatic carbocycles. The molecule has 0 fully saturated rings. The number of carbonyl (C=O) groups is 3. The van der Waals surface area contributed by atoms with Crippen LogP contribution in [0, 0.1) is 5.92 Å². The maximum atomic E-state index is 12.4. The average Bonchev–Trinajstić information content (AvgIpc) is 2.54. The van der Waals surface area contributed by atoms with Crippen LogP contribution in [0.1, 0.15) is 33.6 Å². The van der Waals surface area contributed by atoms with Gasteiger partial charge in [-0.3, -0.25) is 9.59 Å². The number of benzene rings is 1. The highest BCUT2D eigenvalue weighted by atomic mass is 16.5. The van der Waals surface area contributed by atoms with E-state index >= 15 is 0 Å². The molecule has 0 spiro atoms. The van der Waals surface area contributed by atoms with Crippen LogP contribution in [0.3, 0.4) is 0 Å². The fourth-order valence-electron chi connectivity index (χ4n) is 2.76. The van der Waals surface area contributed by atoms with Crippen LogP contribution < -0.4 is 15.0 Å². The third kappa shape index (κ3) is 4.71. The molecule has 7 heteroatoms. The minimum absolute atomic E-state index is 0.0225. The lowest BCUT2D eigenvalue weighted by atomic mass is 10.0. The standard InChI is InChI=1S/C18H24N2O5/c1-11(2)10-13(18(23)24)19-16(21)8-9-20-14-6-4-5-7-15(14)25-12(3)17(20)22/h4-7,11-13H,8-10H2,1-3H3,(H,19,21)(H,23,24)/t12-,13-/m1/s1. The zero-order valence-corrected chi connectivity index (χ0v) is 14.7. The number of carboxylic acids is 1. The Bertz CT molecular complexity index is 659. The second-order valence-corrected chi connectivity index (χ2v) is 6.56. The predicted molar refractivity (Wildman–Crippen MR) is 92.5 cm³/mol. The highest BCUT2D eigenvalue weighted by Gasteiger charge is 2.31. The smallest absolute Gasteiger partial charge is 0.326 e. The van der Waals surface area contributed by atoms with Gasteiger partial charge in [0, 0.05) is 13.0 Å². The number of fused-ring (bicyclic) bond motifs is 1. The maximum absolute atomic E-state index is 12.4. The van der Waals surface area contributed by atoms with Gasteiger partial charge >= 0.3 is 5.97 Å². The number of hydrogen-bond donors (Lipinski definition) is 2. The van der Waals surface area contributed by atoms with E-state index in [1.807, 2.05) is 19.9 Å². The Hall–Kier alpha value is -2.57. The van der Waals surface area contributed by atoms with Gasteiger partial charge in [-0.05, 0) is 31.4 Å². The molecule has 0 saturated carbocycles. The number of nitrogens with zero attached hydrogens (tertiary/aromatic N) is 1. The van der Waals surface area contributed by atoms with E-state index in [0.29, 0.717) is 17.9 Å². The van der Waals surface area contributed by atoms with Crippen molar-refractivity contribution in [1.82, 2.24) is 5.32 Å². The first-order chi connectivity index (χ1) is 11.8. The Labute approximate surface area is 147 Å². The third-order valence-corrected chi connectivity index (χ3v) is 3.98. The fraction of sp³-hybridized carbons (Fsp3) is 0.500. The molecule has 1 aliphatic rings. The van der Waals surface area contributed by atoms with Gasteiger partial charge < -0.3 is 20.1 Å². The number of hydrogen-bond acceptors (Lipinski definition) is 4. The number of rotatable bonds is 7. The zero-order valence-electron chi connectivity index (χ0n) is 14.7. The van der Waals surface area contributed by atoms with Gasteiger partial charge in [-0.15, -0.1) is 0 Å². The maximum Gasteiger partial charge on any atom is 0.326 e. The van der Waals surface area contributed by atoms with Gasteiger partial charge in [-0.1, -0.05) is 26.0 Å². The average molecular weight is 348 g/mol. The van der Waals surface area contributed by atoms with Gasteiger partial charge in [0.1, 0.15) is 11.8 Å². The summed E-state index contributed by atoms with van der Waals surface area (Å²) in [6.07, 6.45) is -0.239. The van der Waals surface area contributed by atoms with Crippen LogP contribution in [0.15, 0.2) is 24.3 Å². The predicted octanol–water partition coefficient (Wildman–Crippen LogP) is 1.81. The lowest BCUT2D eigenvalue weighted by molar-refractivity contribution is -0.142. The highest BCUT2D eigenvalue weighted by molar-refractivity contribution is 6.00. The van der Waals surface area contributed by atoms with E-state index in [1.165, 1.54) is 4.90 Å². The van der Waals surface area contributed by atoms with Crippen LogP contribution in [0.2, 0.25) is 0 Å². The molecule has 0 bridgehead atoms. The molecule has 136 valence electrons. The lowest BCUT2D eigenvalue weighted by Gasteiger charge is -2.32. The number of ether oxygens (including phenoxy) is 1. The van der Waals surface area contributed by atoms with E-state index in [2.05, 4.69) is 5.32 Å². The van der Waals surface area contributed by atoms with Gasteiger partial charge in [0.05, 0.1) is 5.69 Å². The summed E-state index contributed by atoms with van der Waals surface area (Å²) in [5, 5.41) is 11.7. The molecule has 7 nitrogen and oxygen atoms in total. The molecule has 0 radical (unpaired) electrons. The molecule has 2 rings (SSSR count). The van der Waals surface area contributed by atoms with Gasteiger partial charge in [0.25, 0.3) is 5.91 Å². The zero-order chi connectivity index (χ0) is 18.6. The second kappa shape index (κ2) is 8.00. The molecular weight excluding hydrogens is 324 g/mol. The molecule has 0 aliphatic carbocycles. The lowest BCUT2D eigenvalue weighted by Crippen LogP contribution is -2.47. The minimum Gasteiger partial charge on any atom is -0.480 e. The fourth-order valence-corrected chi connectivity index (χ4v) is 2.76. The minimum atomic E-state index is -1.05. The summed E-state index contributed by atoms with van der Waals surface area (Å²) in [6, 6.07) is 6.22. The SMILES string of the molecule is CC(C)C[C@@H](NC(=O)CCN1C(=O)[C@@H](C)Oc2ccccc21)C(=O)O. The van der Waals surface area contributed by atoms with E-state index in [-0.39, 0.29) is 24.8 Å². The molecule has 1 aliphatic heterocycles. The molecule has 25 heavy (non-hydrogen) atoms. The monoisotopic (exact) mass is 348 g/mol. The van der Waals surface area contributed by atoms with Gasteiger partial charge in [0.2, 0.25) is 5.91 Å². The summed E-state index contributed by atoms with van der Waals surface area (Å²) in [4.78, 5) is 37.2. The first kappa shape index (κ1) is 18.8. The Morgan fingerprint density at radius 2 is 2.00 bits per heavy atom. The molecule has 2 amide bonds. The number of aliphatic carboxylic acids is 1. The highest BCUT2D eigenvalue weighted by Crippen LogP contribution is 2.33. The van der Waals surface area contributed by atoms with Crippen molar-refractivity contribution in [2.24, 2.45) is 5.92 Å². The van der Waals surface area contributed by atoms with Crippen molar-refractivity contribution in [3.63, 3.8) is 0 Å². The Balaban J connectivity index is 2.01. The molecule has 0 saturated heterocycles. The third-order valence-electron chi connectivity index (χ3n) is 3.98. The number of nitrogens with one attached hydrogen (secondary N) is 1. The summed E-state index contributed by atoms with van der Waals surface area (Å²) in [5.74, 6) is -0.919. The largest absolute Gasteiger partial charge is 0.480 e. The topological polar surface area (TPSA) is 95.9 Å². The van der Waals surface area contributed by atoms with Crippen LogP contribution >= 0.6 is 0 Å². The van der Waals surface area contributed by atoms with E-state index < -0.39 is 24.0 Å². The van der Waals surface area contributed by atoms with E-state index in [1.54, 1.807) is 25.1 Å². The van der Waals surface area contributed by atoms with Crippen LogP contribution in [0.4, 0.5) is 5.69 Å². The molecule has 2 atom stereocenters. The number of para-hydroxylation sites is 2. The number of amides is 2. The van der Waals surface area contributed by atoms with Crippen molar-refractivity contribution in [3.05, 3.63) is 24.3 Å². The summed E-state index contributed by atoms with van der Waals surface area (Å²) in [7, 11) is 0. The van der Waals surface area contributed by atoms with Gasteiger partial charge in [-0.25, -0.2) is 4.79 Å². The van der Waals surface area contributed by atoms with E-state index in [9.17, 15) is 19.5 Å². The normalized spacial score (nSPS) is 17.7. The quantitative estimate of drug-likeness (QED) is 0.783. The van der Waals surface area contributed by atoms with Crippen LogP contribution in [0.5, 0.6) is 5.75 Å². The van der Waals surface area contributed by atoms with Crippen molar-refractivity contribution in [2.75, 3.05) is 11.4 Å².